The normalized spacial score (nSPS) is 25.3. The van der Waals surface area contributed by atoms with Crippen LogP contribution in [0.5, 0.6) is 0 Å². The first kappa shape index (κ1) is 14.4. The summed E-state index contributed by atoms with van der Waals surface area (Å²) in [5.74, 6) is -0.184. The van der Waals surface area contributed by atoms with Crippen molar-refractivity contribution in [2.24, 2.45) is 11.8 Å². The fourth-order valence-corrected chi connectivity index (χ4v) is 3.13. The second-order valence-electron chi connectivity index (χ2n) is 5.71. The summed E-state index contributed by atoms with van der Waals surface area (Å²) in [7, 11) is 0. The smallest absolute Gasteiger partial charge is 0.129 e. The Labute approximate surface area is 113 Å². The quantitative estimate of drug-likeness (QED) is 0.872. The van der Waals surface area contributed by atoms with Crippen molar-refractivity contribution in [2.75, 3.05) is 0 Å². The number of hydrogen-bond donors (Lipinski definition) is 1. The first-order chi connectivity index (χ1) is 9.10. The van der Waals surface area contributed by atoms with E-state index in [4.69, 9.17) is 0 Å². The standard InChI is InChI=1S/C16H22F2O/c1-2-11-4-3-5-13(8-11)16(19)9-12-6-7-14(17)10-15(12)18/h6-7,10-11,13,16,19H,2-5,8-9H2,1H3. The van der Waals surface area contributed by atoms with Crippen molar-refractivity contribution in [3.8, 4) is 0 Å². The lowest BCUT2D eigenvalue weighted by Gasteiger charge is -2.31. The summed E-state index contributed by atoms with van der Waals surface area (Å²) in [6.45, 7) is 2.18. The predicted molar refractivity (Wildman–Crippen MR) is 71.8 cm³/mol. The van der Waals surface area contributed by atoms with Crippen LogP contribution >= 0.6 is 0 Å². The van der Waals surface area contributed by atoms with Gasteiger partial charge in [0.05, 0.1) is 6.10 Å². The number of rotatable bonds is 4. The average molecular weight is 268 g/mol. The third-order valence-electron chi connectivity index (χ3n) is 4.39. The molecule has 3 heteroatoms. The summed E-state index contributed by atoms with van der Waals surface area (Å²) < 4.78 is 26.4. The van der Waals surface area contributed by atoms with Gasteiger partial charge < -0.3 is 5.11 Å². The zero-order valence-corrected chi connectivity index (χ0v) is 11.4. The monoisotopic (exact) mass is 268 g/mol. The molecule has 19 heavy (non-hydrogen) atoms. The average Bonchev–Trinajstić information content (AvgIpc) is 2.42. The van der Waals surface area contributed by atoms with E-state index in [0.29, 0.717) is 11.5 Å². The van der Waals surface area contributed by atoms with E-state index in [1.807, 2.05) is 0 Å². The molecule has 3 atom stereocenters. The van der Waals surface area contributed by atoms with E-state index in [9.17, 15) is 13.9 Å². The van der Waals surface area contributed by atoms with Gasteiger partial charge in [-0.2, -0.15) is 0 Å². The van der Waals surface area contributed by atoms with Crippen LogP contribution in [-0.2, 0) is 6.42 Å². The molecule has 0 aliphatic heterocycles. The molecule has 0 aromatic heterocycles. The maximum Gasteiger partial charge on any atom is 0.129 e. The molecule has 0 radical (unpaired) electrons. The summed E-state index contributed by atoms with van der Waals surface area (Å²) in [6, 6.07) is 3.58. The maximum atomic E-state index is 13.6. The largest absolute Gasteiger partial charge is 0.392 e. The topological polar surface area (TPSA) is 20.2 Å². The van der Waals surface area contributed by atoms with Gasteiger partial charge in [-0.1, -0.05) is 32.3 Å². The van der Waals surface area contributed by atoms with Crippen molar-refractivity contribution in [3.63, 3.8) is 0 Å². The van der Waals surface area contributed by atoms with Crippen molar-refractivity contribution >= 4 is 0 Å². The van der Waals surface area contributed by atoms with E-state index < -0.39 is 17.7 Å². The summed E-state index contributed by atoms with van der Waals surface area (Å²) in [5, 5.41) is 10.3. The van der Waals surface area contributed by atoms with Gasteiger partial charge in [-0.3, -0.25) is 0 Å². The number of aliphatic hydroxyl groups excluding tert-OH is 1. The highest BCUT2D eigenvalue weighted by molar-refractivity contribution is 5.19. The summed E-state index contributed by atoms with van der Waals surface area (Å²) >= 11 is 0. The minimum absolute atomic E-state index is 0.253. The van der Waals surface area contributed by atoms with Crippen LogP contribution in [-0.4, -0.2) is 11.2 Å². The van der Waals surface area contributed by atoms with Gasteiger partial charge in [0.15, 0.2) is 0 Å². The minimum atomic E-state index is -0.570. The van der Waals surface area contributed by atoms with Crippen LogP contribution in [0.4, 0.5) is 8.78 Å². The summed E-state index contributed by atoms with van der Waals surface area (Å²) in [5.41, 5.74) is 0.410. The Bertz CT molecular complexity index is 419. The van der Waals surface area contributed by atoms with E-state index in [-0.39, 0.29) is 12.3 Å². The SMILES string of the molecule is CCC1CCCC(C(O)Cc2ccc(F)cc2F)C1. The van der Waals surface area contributed by atoms with E-state index in [1.54, 1.807) is 0 Å². The molecule has 0 heterocycles. The van der Waals surface area contributed by atoms with Gasteiger partial charge in [0, 0.05) is 12.5 Å². The third kappa shape index (κ3) is 3.75. The molecule has 106 valence electrons. The molecule has 1 aromatic rings. The first-order valence-electron chi connectivity index (χ1n) is 7.22. The molecule has 3 unspecified atom stereocenters. The first-order valence-corrected chi connectivity index (χ1v) is 7.22. The number of benzene rings is 1. The Hall–Kier alpha value is -0.960. The van der Waals surface area contributed by atoms with Crippen molar-refractivity contribution in [3.05, 3.63) is 35.4 Å². The molecule has 1 aliphatic carbocycles. The molecular weight excluding hydrogens is 246 g/mol. The highest BCUT2D eigenvalue weighted by atomic mass is 19.1. The minimum Gasteiger partial charge on any atom is -0.392 e. The number of aliphatic hydroxyl groups is 1. The molecule has 1 nitrogen and oxygen atoms in total. The van der Waals surface area contributed by atoms with Crippen LogP contribution in [0.25, 0.3) is 0 Å². The zero-order valence-electron chi connectivity index (χ0n) is 11.4. The maximum absolute atomic E-state index is 13.6. The Morgan fingerprint density at radius 1 is 1.32 bits per heavy atom. The van der Waals surface area contributed by atoms with Gasteiger partial charge in [0.2, 0.25) is 0 Å². The van der Waals surface area contributed by atoms with Crippen LogP contribution < -0.4 is 0 Å². The molecule has 0 spiro atoms. The van der Waals surface area contributed by atoms with E-state index in [1.165, 1.54) is 18.6 Å². The molecule has 1 saturated carbocycles. The van der Waals surface area contributed by atoms with Crippen LogP contribution in [0.15, 0.2) is 18.2 Å². The van der Waals surface area contributed by atoms with Crippen LogP contribution in [0.1, 0.15) is 44.6 Å². The second-order valence-corrected chi connectivity index (χ2v) is 5.71. The van der Waals surface area contributed by atoms with Gasteiger partial charge in [-0.05, 0) is 36.3 Å². The van der Waals surface area contributed by atoms with Crippen molar-refractivity contribution in [2.45, 2.75) is 51.6 Å². The molecular formula is C16H22F2O. The number of hydrogen-bond acceptors (Lipinski definition) is 1. The van der Waals surface area contributed by atoms with Gasteiger partial charge in [-0.25, -0.2) is 8.78 Å². The van der Waals surface area contributed by atoms with Crippen molar-refractivity contribution in [1.29, 1.82) is 0 Å². The van der Waals surface area contributed by atoms with Crippen molar-refractivity contribution in [1.82, 2.24) is 0 Å². The highest BCUT2D eigenvalue weighted by Gasteiger charge is 2.27. The lowest BCUT2D eigenvalue weighted by Crippen LogP contribution is -2.28. The molecule has 2 rings (SSSR count). The number of halogens is 2. The van der Waals surface area contributed by atoms with Crippen molar-refractivity contribution < 1.29 is 13.9 Å². The molecule has 0 bridgehead atoms. The summed E-state index contributed by atoms with van der Waals surface area (Å²) in [6.07, 6.45) is 5.34. The van der Waals surface area contributed by atoms with Gasteiger partial charge in [0.1, 0.15) is 11.6 Å². The van der Waals surface area contributed by atoms with E-state index in [0.717, 1.165) is 31.7 Å². The van der Waals surface area contributed by atoms with Crippen LogP contribution in [0.2, 0.25) is 0 Å². The fraction of sp³-hybridized carbons (Fsp3) is 0.625. The highest BCUT2D eigenvalue weighted by Crippen LogP contribution is 2.34. The predicted octanol–water partition coefficient (Wildman–Crippen LogP) is 4.08. The summed E-state index contributed by atoms with van der Waals surface area (Å²) in [4.78, 5) is 0. The Kier molecular flexibility index (Phi) is 4.92. The van der Waals surface area contributed by atoms with E-state index >= 15 is 0 Å². The Morgan fingerprint density at radius 3 is 2.79 bits per heavy atom. The van der Waals surface area contributed by atoms with Crippen LogP contribution in [0, 0.1) is 23.5 Å². The van der Waals surface area contributed by atoms with Gasteiger partial charge in [0.25, 0.3) is 0 Å². The molecule has 0 saturated heterocycles. The molecule has 1 aliphatic rings. The third-order valence-corrected chi connectivity index (χ3v) is 4.39. The van der Waals surface area contributed by atoms with Gasteiger partial charge >= 0.3 is 0 Å². The Morgan fingerprint density at radius 2 is 2.11 bits per heavy atom. The Balaban J connectivity index is 1.98. The molecule has 0 amide bonds. The lowest BCUT2D eigenvalue weighted by molar-refractivity contribution is 0.0678. The molecule has 1 fully saturated rings. The molecule has 1 aromatic carbocycles. The fourth-order valence-electron chi connectivity index (χ4n) is 3.13. The second kappa shape index (κ2) is 6.47. The zero-order chi connectivity index (χ0) is 13.8. The van der Waals surface area contributed by atoms with E-state index in [2.05, 4.69) is 6.92 Å². The lowest BCUT2D eigenvalue weighted by atomic mass is 9.76. The van der Waals surface area contributed by atoms with Crippen LogP contribution in [0.3, 0.4) is 0 Å². The molecule has 1 N–H and O–H groups in total. The van der Waals surface area contributed by atoms with Gasteiger partial charge in [-0.15, -0.1) is 0 Å².